The molecule has 0 bridgehead atoms. The van der Waals surface area contributed by atoms with E-state index in [9.17, 15) is 13.6 Å². The third kappa shape index (κ3) is 5.27. The molecule has 0 aliphatic heterocycles. The highest BCUT2D eigenvalue weighted by atomic mass is 19.3. The average Bonchev–Trinajstić information content (AvgIpc) is 3.37. The van der Waals surface area contributed by atoms with Crippen LogP contribution in [0.2, 0.25) is 0 Å². The molecule has 0 spiro atoms. The van der Waals surface area contributed by atoms with Gasteiger partial charge in [-0.15, -0.1) is 5.10 Å². The summed E-state index contributed by atoms with van der Waals surface area (Å²) in [7, 11) is 0. The standard InChI is InChI=1S/C28H23F2N5O/c29-27(30)15-25(19-6-2-1-3-7-19)32-28(36)24-9-5-4-8-23(24)17-35-18-26(33-34-35)21-10-11-22-16-31-13-12-20(22)14-21/h1-14,16,18,25,27H,15,17H2,(H,32,36). The lowest BCUT2D eigenvalue weighted by Crippen LogP contribution is -2.30. The van der Waals surface area contributed by atoms with E-state index in [1.807, 2.05) is 54.9 Å². The Morgan fingerprint density at radius 1 is 0.944 bits per heavy atom. The number of alkyl halides is 2. The number of fused-ring (bicyclic) bond motifs is 1. The molecule has 5 aromatic rings. The van der Waals surface area contributed by atoms with E-state index in [0.29, 0.717) is 28.9 Å². The Bertz CT molecular complexity index is 1490. The number of rotatable bonds is 8. The number of carbonyl (C=O) groups is 1. The summed E-state index contributed by atoms with van der Waals surface area (Å²) in [6.07, 6.45) is 2.36. The first-order chi connectivity index (χ1) is 17.6. The number of amides is 1. The van der Waals surface area contributed by atoms with Crippen molar-refractivity contribution in [2.75, 3.05) is 0 Å². The van der Waals surface area contributed by atoms with Gasteiger partial charge in [0.15, 0.2) is 0 Å². The van der Waals surface area contributed by atoms with Gasteiger partial charge < -0.3 is 5.32 Å². The Morgan fingerprint density at radius 2 is 1.75 bits per heavy atom. The number of benzene rings is 3. The molecule has 2 aromatic heterocycles. The smallest absolute Gasteiger partial charge is 0.252 e. The van der Waals surface area contributed by atoms with Crippen molar-refractivity contribution in [3.63, 3.8) is 0 Å². The zero-order valence-corrected chi connectivity index (χ0v) is 19.3. The van der Waals surface area contributed by atoms with Crippen LogP contribution < -0.4 is 5.32 Å². The second-order valence-electron chi connectivity index (χ2n) is 8.46. The van der Waals surface area contributed by atoms with Gasteiger partial charge in [-0.05, 0) is 34.7 Å². The summed E-state index contributed by atoms with van der Waals surface area (Å²) in [6, 6.07) is 23.0. The zero-order chi connectivity index (χ0) is 24.9. The SMILES string of the molecule is O=C(NC(CC(F)F)c1ccccc1)c1ccccc1Cn1cc(-c2ccc3cnccc3c2)nn1. The van der Waals surface area contributed by atoms with Crippen LogP contribution in [0.1, 0.15) is 33.9 Å². The van der Waals surface area contributed by atoms with Crippen molar-refractivity contribution in [3.8, 4) is 11.3 Å². The normalized spacial score (nSPS) is 12.1. The molecule has 1 N–H and O–H groups in total. The second-order valence-corrected chi connectivity index (χ2v) is 8.46. The molecule has 0 aliphatic carbocycles. The summed E-state index contributed by atoms with van der Waals surface area (Å²) in [5.41, 5.74) is 3.37. The van der Waals surface area contributed by atoms with Gasteiger partial charge >= 0.3 is 0 Å². The molecule has 3 aromatic carbocycles. The molecule has 0 fully saturated rings. The Kier molecular flexibility index (Phi) is 6.75. The molecule has 6 nitrogen and oxygen atoms in total. The molecule has 0 saturated carbocycles. The van der Waals surface area contributed by atoms with Crippen LogP contribution in [-0.4, -0.2) is 32.3 Å². The van der Waals surface area contributed by atoms with Crippen molar-refractivity contribution < 1.29 is 13.6 Å². The Labute approximate surface area is 206 Å². The van der Waals surface area contributed by atoms with E-state index in [2.05, 4.69) is 20.6 Å². The van der Waals surface area contributed by atoms with Crippen molar-refractivity contribution in [1.82, 2.24) is 25.3 Å². The Balaban J connectivity index is 1.36. The molecule has 5 rings (SSSR count). The van der Waals surface area contributed by atoms with Gasteiger partial charge in [0.1, 0.15) is 5.69 Å². The fourth-order valence-corrected chi connectivity index (χ4v) is 4.18. The van der Waals surface area contributed by atoms with E-state index >= 15 is 0 Å². The molecule has 0 radical (unpaired) electrons. The average molecular weight is 484 g/mol. The highest BCUT2D eigenvalue weighted by molar-refractivity contribution is 5.96. The Morgan fingerprint density at radius 3 is 2.58 bits per heavy atom. The van der Waals surface area contributed by atoms with Gasteiger partial charge in [0.25, 0.3) is 5.91 Å². The third-order valence-electron chi connectivity index (χ3n) is 5.99. The highest BCUT2D eigenvalue weighted by Gasteiger charge is 2.21. The summed E-state index contributed by atoms with van der Waals surface area (Å²) in [5, 5.41) is 13.4. The summed E-state index contributed by atoms with van der Waals surface area (Å²) in [4.78, 5) is 17.3. The van der Waals surface area contributed by atoms with Crippen molar-refractivity contribution in [2.24, 2.45) is 0 Å². The predicted octanol–water partition coefficient (Wildman–Crippen LogP) is 5.67. The number of hydrogen-bond donors (Lipinski definition) is 1. The molecule has 1 unspecified atom stereocenters. The van der Waals surface area contributed by atoms with Gasteiger partial charge in [-0.2, -0.15) is 0 Å². The van der Waals surface area contributed by atoms with Crippen LogP contribution in [0, 0.1) is 0 Å². The molecule has 2 heterocycles. The van der Waals surface area contributed by atoms with Crippen molar-refractivity contribution in [1.29, 1.82) is 0 Å². The van der Waals surface area contributed by atoms with Crippen LogP contribution in [0.3, 0.4) is 0 Å². The molecule has 1 amide bonds. The van der Waals surface area contributed by atoms with Crippen LogP contribution in [0.25, 0.3) is 22.0 Å². The van der Waals surface area contributed by atoms with Crippen LogP contribution in [-0.2, 0) is 6.54 Å². The number of pyridine rings is 1. The van der Waals surface area contributed by atoms with Gasteiger partial charge in [-0.1, -0.05) is 65.9 Å². The lowest BCUT2D eigenvalue weighted by Gasteiger charge is -2.20. The van der Waals surface area contributed by atoms with Gasteiger partial charge in [0, 0.05) is 35.3 Å². The molecular formula is C28H23F2N5O. The minimum atomic E-state index is -2.55. The van der Waals surface area contributed by atoms with Gasteiger partial charge in [-0.25, -0.2) is 13.5 Å². The van der Waals surface area contributed by atoms with E-state index < -0.39 is 24.8 Å². The van der Waals surface area contributed by atoms with Gasteiger partial charge in [0.2, 0.25) is 6.43 Å². The summed E-state index contributed by atoms with van der Waals surface area (Å²) in [5.74, 6) is -0.413. The van der Waals surface area contributed by atoms with E-state index in [0.717, 1.165) is 16.3 Å². The quantitative estimate of drug-likeness (QED) is 0.309. The lowest BCUT2D eigenvalue weighted by molar-refractivity contribution is 0.0885. The zero-order valence-electron chi connectivity index (χ0n) is 19.3. The molecule has 180 valence electrons. The number of nitrogens with one attached hydrogen (secondary N) is 1. The fourth-order valence-electron chi connectivity index (χ4n) is 4.18. The molecule has 36 heavy (non-hydrogen) atoms. The first-order valence-electron chi connectivity index (χ1n) is 11.5. The first-order valence-corrected chi connectivity index (χ1v) is 11.5. The van der Waals surface area contributed by atoms with E-state index in [-0.39, 0.29) is 0 Å². The molecule has 0 saturated heterocycles. The fraction of sp³-hybridized carbons (Fsp3) is 0.143. The van der Waals surface area contributed by atoms with Crippen molar-refractivity contribution in [2.45, 2.75) is 25.4 Å². The van der Waals surface area contributed by atoms with Crippen LogP contribution in [0.4, 0.5) is 8.78 Å². The number of aromatic nitrogens is 4. The summed E-state index contributed by atoms with van der Waals surface area (Å²) >= 11 is 0. The molecule has 0 aliphatic rings. The maximum absolute atomic E-state index is 13.2. The number of hydrogen-bond acceptors (Lipinski definition) is 4. The second kappa shape index (κ2) is 10.4. The minimum absolute atomic E-state index is 0.305. The lowest BCUT2D eigenvalue weighted by atomic mass is 10.0. The van der Waals surface area contributed by atoms with E-state index in [1.165, 1.54) is 0 Å². The third-order valence-corrected chi connectivity index (χ3v) is 5.99. The minimum Gasteiger partial charge on any atom is -0.345 e. The largest absolute Gasteiger partial charge is 0.345 e. The topological polar surface area (TPSA) is 72.7 Å². The Hall–Kier alpha value is -4.46. The number of nitrogens with zero attached hydrogens (tertiary/aromatic N) is 4. The monoisotopic (exact) mass is 483 g/mol. The van der Waals surface area contributed by atoms with Gasteiger partial charge in [0.05, 0.1) is 18.8 Å². The van der Waals surface area contributed by atoms with Crippen LogP contribution in [0.15, 0.2) is 97.5 Å². The van der Waals surface area contributed by atoms with Crippen LogP contribution in [0.5, 0.6) is 0 Å². The maximum Gasteiger partial charge on any atom is 0.252 e. The number of halogens is 2. The summed E-state index contributed by atoms with van der Waals surface area (Å²) < 4.78 is 28.2. The van der Waals surface area contributed by atoms with E-state index in [1.54, 1.807) is 47.3 Å². The first kappa shape index (κ1) is 23.3. The molecule has 1 atom stereocenters. The van der Waals surface area contributed by atoms with E-state index in [4.69, 9.17) is 0 Å². The van der Waals surface area contributed by atoms with Crippen molar-refractivity contribution in [3.05, 3.63) is 114 Å². The maximum atomic E-state index is 13.2. The van der Waals surface area contributed by atoms with Gasteiger partial charge in [-0.3, -0.25) is 9.78 Å². The van der Waals surface area contributed by atoms with Crippen molar-refractivity contribution >= 4 is 16.7 Å². The summed E-state index contributed by atoms with van der Waals surface area (Å²) in [6.45, 7) is 0.305. The number of carbonyl (C=O) groups excluding carboxylic acids is 1. The highest BCUT2D eigenvalue weighted by Crippen LogP contribution is 2.24. The van der Waals surface area contributed by atoms with Crippen LogP contribution >= 0.6 is 0 Å². The predicted molar refractivity (Wildman–Crippen MR) is 134 cm³/mol. The molecule has 8 heteroatoms. The molecular weight excluding hydrogens is 460 g/mol.